The largest absolute Gasteiger partial charge is 0.408 e. The highest BCUT2D eigenvalue weighted by atomic mass is 19.4. The van der Waals surface area contributed by atoms with Gasteiger partial charge in [-0.25, -0.2) is 8.78 Å². The van der Waals surface area contributed by atoms with Gasteiger partial charge < -0.3 is 5.32 Å². The molecule has 0 saturated heterocycles. The van der Waals surface area contributed by atoms with E-state index in [1.54, 1.807) is 37.3 Å². The second-order valence-electron chi connectivity index (χ2n) is 7.81. The highest BCUT2D eigenvalue weighted by Crippen LogP contribution is 2.55. The Labute approximate surface area is 174 Å². The molecule has 31 heavy (non-hydrogen) atoms. The summed E-state index contributed by atoms with van der Waals surface area (Å²) < 4.78 is 65.0. The number of aromatic nitrogens is 3. The van der Waals surface area contributed by atoms with Crippen molar-refractivity contribution in [2.75, 3.05) is 0 Å². The minimum absolute atomic E-state index is 0.0669. The minimum Gasteiger partial charge on any atom is -0.348 e. The Kier molecular flexibility index (Phi) is 5.18. The first-order valence-electron chi connectivity index (χ1n) is 9.66. The highest BCUT2D eigenvalue weighted by molar-refractivity contribution is 5.80. The van der Waals surface area contributed by atoms with Crippen LogP contribution in [0.3, 0.4) is 0 Å². The Hall–Kier alpha value is -3.04. The van der Waals surface area contributed by atoms with E-state index in [1.165, 1.54) is 12.4 Å². The van der Waals surface area contributed by atoms with Gasteiger partial charge >= 0.3 is 6.18 Å². The Morgan fingerprint density at radius 3 is 2.55 bits per heavy atom. The molecule has 4 rings (SSSR count). The van der Waals surface area contributed by atoms with Crippen LogP contribution in [0.4, 0.5) is 22.0 Å². The van der Waals surface area contributed by atoms with Crippen LogP contribution in [0.2, 0.25) is 0 Å². The first kappa shape index (κ1) is 21.2. The first-order valence-corrected chi connectivity index (χ1v) is 9.66. The van der Waals surface area contributed by atoms with E-state index in [2.05, 4.69) is 15.4 Å². The van der Waals surface area contributed by atoms with Crippen LogP contribution < -0.4 is 5.32 Å². The molecule has 2 aromatic heterocycles. The summed E-state index contributed by atoms with van der Waals surface area (Å²) in [5.74, 6) is -3.66. The van der Waals surface area contributed by atoms with E-state index in [4.69, 9.17) is 0 Å². The molecule has 0 bridgehead atoms. The molecule has 0 aliphatic heterocycles. The summed E-state index contributed by atoms with van der Waals surface area (Å²) >= 11 is 0. The number of nitrogens with one attached hydrogen (secondary N) is 1. The maximum Gasteiger partial charge on any atom is 0.408 e. The molecule has 2 heterocycles. The fourth-order valence-corrected chi connectivity index (χ4v) is 3.52. The Balaban J connectivity index is 1.38. The number of benzene rings is 1. The van der Waals surface area contributed by atoms with E-state index in [0.717, 1.165) is 4.68 Å². The molecule has 1 fully saturated rings. The lowest BCUT2D eigenvalue weighted by Gasteiger charge is -2.14. The van der Waals surface area contributed by atoms with Crippen molar-refractivity contribution in [2.24, 2.45) is 0 Å². The molecule has 1 saturated carbocycles. The van der Waals surface area contributed by atoms with Crippen molar-refractivity contribution in [1.29, 1.82) is 0 Å². The molecule has 0 spiro atoms. The second kappa shape index (κ2) is 7.58. The summed E-state index contributed by atoms with van der Waals surface area (Å²) in [6, 6.07) is 7.66. The smallest absolute Gasteiger partial charge is 0.348 e. The zero-order valence-electron chi connectivity index (χ0n) is 16.5. The number of hydrogen-bond acceptors (Lipinski definition) is 3. The number of fused-ring (bicyclic) bond motifs is 1. The van der Waals surface area contributed by atoms with E-state index in [-0.39, 0.29) is 24.3 Å². The molecule has 5 nitrogen and oxygen atoms in total. The van der Waals surface area contributed by atoms with E-state index >= 15 is 0 Å². The van der Waals surface area contributed by atoms with Crippen LogP contribution >= 0.6 is 0 Å². The van der Waals surface area contributed by atoms with E-state index < -0.39 is 30.6 Å². The normalized spacial score (nSPS) is 18.7. The number of alkyl halides is 5. The second-order valence-corrected chi connectivity index (χ2v) is 7.81. The summed E-state index contributed by atoms with van der Waals surface area (Å²) in [5, 5.41) is 7.03. The maximum atomic E-state index is 13.1. The lowest BCUT2D eigenvalue weighted by molar-refractivity contribution is -0.141. The van der Waals surface area contributed by atoms with Gasteiger partial charge in [0.25, 0.3) is 5.92 Å². The molecule has 2 unspecified atom stereocenters. The van der Waals surface area contributed by atoms with Crippen molar-refractivity contribution >= 4 is 16.8 Å². The zero-order chi connectivity index (χ0) is 22.4. The number of pyridine rings is 1. The molecular formula is C21H19F5N4O. The lowest BCUT2D eigenvalue weighted by Crippen LogP contribution is -2.28. The monoisotopic (exact) mass is 438 g/mol. The standard InChI is InChI=1S/C21H19F5N4O/c1-12(17-7-15-9-28-30(11-21(24,25)26)18(15)10-27-17)29-19(31)6-13-2-4-14(5-3-13)16-8-20(16,22)23/h2-5,7,9-10,12,16H,6,8,11H2,1H3,(H,29,31). The first-order chi connectivity index (χ1) is 14.5. The fourth-order valence-electron chi connectivity index (χ4n) is 3.52. The van der Waals surface area contributed by atoms with Gasteiger partial charge in [0.2, 0.25) is 5.91 Å². The highest BCUT2D eigenvalue weighted by Gasteiger charge is 2.57. The predicted octanol–water partition coefficient (Wildman–Crippen LogP) is 4.54. The number of nitrogens with zero attached hydrogens (tertiary/aromatic N) is 3. The van der Waals surface area contributed by atoms with E-state index in [9.17, 15) is 26.7 Å². The number of carbonyl (C=O) groups excluding carboxylic acids is 1. The molecule has 1 aromatic carbocycles. The molecule has 2 atom stereocenters. The topological polar surface area (TPSA) is 59.8 Å². The van der Waals surface area contributed by atoms with Crippen molar-refractivity contribution in [3.05, 3.63) is 59.5 Å². The quantitative estimate of drug-likeness (QED) is 0.575. The summed E-state index contributed by atoms with van der Waals surface area (Å²) in [4.78, 5) is 16.5. The van der Waals surface area contributed by atoms with Gasteiger partial charge in [-0.1, -0.05) is 24.3 Å². The Morgan fingerprint density at radius 1 is 1.26 bits per heavy atom. The molecule has 1 aliphatic carbocycles. The molecular weight excluding hydrogens is 419 g/mol. The Morgan fingerprint density at radius 2 is 1.94 bits per heavy atom. The van der Waals surface area contributed by atoms with Gasteiger partial charge in [-0.15, -0.1) is 0 Å². The van der Waals surface area contributed by atoms with Gasteiger partial charge in [-0.2, -0.15) is 18.3 Å². The van der Waals surface area contributed by atoms with Gasteiger partial charge in [-0.3, -0.25) is 14.5 Å². The third-order valence-electron chi connectivity index (χ3n) is 5.27. The molecule has 1 N–H and O–H groups in total. The van der Waals surface area contributed by atoms with Crippen LogP contribution in [0.1, 0.15) is 42.1 Å². The van der Waals surface area contributed by atoms with E-state index in [0.29, 0.717) is 22.2 Å². The van der Waals surface area contributed by atoms with E-state index in [1.807, 2.05) is 0 Å². The lowest BCUT2D eigenvalue weighted by atomic mass is 10.1. The number of amides is 1. The van der Waals surface area contributed by atoms with Crippen LogP contribution in [-0.4, -0.2) is 32.8 Å². The fraction of sp³-hybridized carbons (Fsp3) is 0.381. The molecule has 0 radical (unpaired) electrons. The van der Waals surface area contributed by atoms with Crippen molar-refractivity contribution in [3.8, 4) is 0 Å². The minimum atomic E-state index is -4.39. The molecule has 164 valence electrons. The van der Waals surface area contributed by atoms with Gasteiger partial charge in [0.05, 0.1) is 42.0 Å². The number of halogens is 5. The van der Waals surface area contributed by atoms with Gasteiger partial charge in [-0.05, 0) is 24.1 Å². The van der Waals surface area contributed by atoms with Crippen LogP contribution in [0.15, 0.2) is 42.7 Å². The molecule has 10 heteroatoms. The van der Waals surface area contributed by atoms with Crippen LogP contribution in [-0.2, 0) is 17.8 Å². The van der Waals surface area contributed by atoms with Crippen LogP contribution in [0.25, 0.3) is 10.9 Å². The third-order valence-corrected chi connectivity index (χ3v) is 5.27. The predicted molar refractivity (Wildman–Crippen MR) is 103 cm³/mol. The zero-order valence-corrected chi connectivity index (χ0v) is 16.5. The summed E-state index contributed by atoms with van der Waals surface area (Å²) in [7, 11) is 0. The van der Waals surface area contributed by atoms with Gasteiger partial charge in [0.15, 0.2) is 0 Å². The molecule has 1 amide bonds. The summed E-state index contributed by atoms with van der Waals surface area (Å²) in [6.07, 6.45) is -1.84. The number of rotatable bonds is 6. The van der Waals surface area contributed by atoms with Crippen molar-refractivity contribution in [2.45, 2.75) is 50.4 Å². The average Bonchev–Trinajstić information content (AvgIpc) is 3.14. The summed E-state index contributed by atoms with van der Waals surface area (Å²) in [5.41, 5.74) is 1.99. The molecule has 1 aliphatic rings. The SMILES string of the molecule is CC(NC(=O)Cc1ccc(C2CC2(F)F)cc1)c1cc2cnn(CC(F)(F)F)c2cn1. The van der Waals surface area contributed by atoms with Crippen molar-refractivity contribution in [1.82, 2.24) is 20.1 Å². The van der Waals surface area contributed by atoms with Gasteiger partial charge in [0, 0.05) is 11.8 Å². The molecule has 3 aromatic rings. The maximum absolute atomic E-state index is 13.1. The third kappa shape index (κ3) is 4.83. The average molecular weight is 438 g/mol. The van der Waals surface area contributed by atoms with Crippen molar-refractivity contribution < 1.29 is 26.7 Å². The number of hydrogen-bond donors (Lipinski definition) is 1. The van der Waals surface area contributed by atoms with Gasteiger partial charge in [0.1, 0.15) is 6.54 Å². The van der Waals surface area contributed by atoms with Crippen LogP contribution in [0, 0.1) is 0 Å². The van der Waals surface area contributed by atoms with Crippen molar-refractivity contribution in [3.63, 3.8) is 0 Å². The Bertz CT molecular complexity index is 1110. The van der Waals surface area contributed by atoms with Crippen LogP contribution in [0.5, 0.6) is 0 Å². The number of carbonyl (C=O) groups is 1. The summed E-state index contributed by atoms with van der Waals surface area (Å²) in [6.45, 7) is 0.505.